The summed E-state index contributed by atoms with van der Waals surface area (Å²) in [5, 5.41) is 5.66. The van der Waals surface area contributed by atoms with E-state index in [1.165, 1.54) is 5.56 Å². The van der Waals surface area contributed by atoms with Gasteiger partial charge in [-0.3, -0.25) is 0 Å². The molecule has 1 unspecified atom stereocenters. The molecule has 2 rings (SSSR count). The van der Waals surface area contributed by atoms with Gasteiger partial charge in [-0.1, -0.05) is 23.2 Å². The van der Waals surface area contributed by atoms with Crippen LogP contribution in [0.25, 0.3) is 10.9 Å². The largest absolute Gasteiger partial charge is 0.357 e. The van der Waals surface area contributed by atoms with Gasteiger partial charge >= 0.3 is 0 Å². The van der Waals surface area contributed by atoms with Gasteiger partial charge in [0.2, 0.25) is 0 Å². The molecule has 86 valence electrons. The van der Waals surface area contributed by atoms with E-state index in [2.05, 4.69) is 17.2 Å². The molecule has 0 saturated carbocycles. The summed E-state index contributed by atoms with van der Waals surface area (Å²) < 4.78 is 0. The molecular weight excluding hydrogens is 243 g/mol. The molecule has 2 aromatic rings. The molecule has 0 aliphatic heterocycles. The summed E-state index contributed by atoms with van der Waals surface area (Å²) in [7, 11) is 1.94. The van der Waals surface area contributed by atoms with E-state index in [-0.39, 0.29) is 6.04 Å². The minimum Gasteiger partial charge on any atom is -0.357 e. The van der Waals surface area contributed by atoms with E-state index in [1.54, 1.807) is 6.07 Å². The SMILES string of the molecule is CNC(C)c1c(C)[nH]c2c(Cl)cc(Cl)cc12. The highest BCUT2D eigenvalue weighted by Crippen LogP contribution is 2.34. The van der Waals surface area contributed by atoms with Crippen LogP contribution in [0.4, 0.5) is 0 Å². The average Bonchev–Trinajstić information content (AvgIpc) is 2.54. The molecule has 2 N–H and O–H groups in total. The quantitative estimate of drug-likeness (QED) is 0.834. The van der Waals surface area contributed by atoms with E-state index >= 15 is 0 Å². The van der Waals surface area contributed by atoms with Crippen molar-refractivity contribution < 1.29 is 0 Å². The molecule has 0 spiro atoms. The highest BCUT2D eigenvalue weighted by atomic mass is 35.5. The maximum Gasteiger partial charge on any atom is 0.0662 e. The van der Waals surface area contributed by atoms with E-state index in [4.69, 9.17) is 23.2 Å². The molecule has 1 atom stereocenters. The molecule has 0 fully saturated rings. The van der Waals surface area contributed by atoms with Gasteiger partial charge in [-0.2, -0.15) is 0 Å². The minimum absolute atomic E-state index is 0.267. The van der Waals surface area contributed by atoms with Crippen LogP contribution in [0.2, 0.25) is 10.0 Å². The van der Waals surface area contributed by atoms with Gasteiger partial charge in [-0.25, -0.2) is 0 Å². The summed E-state index contributed by atoms with van der Waals surface area (Å²) in [4.78, 5) is 3.31. The first-order valence-electron chi connectivity index (χ1n) is 5.19. The maximum absolute atomic E-state index is 6.16. The third-order valence-corrected chi connectivity index (χ3v) is 3.44. The van der Waals surface area contributed by atoms with Crippen molar-refractivity contribution in [1.82, 2.24) is 10.3 Å². The van der Waals surface area contributed by atoms with Gasteiger partial charge in [0.15, 0.2) is 0 Å². The lowest BCUT2D eigenvalue weighted by molar-refractivity contribution is 0.653. The van der Waals surface area contributed by atoms with E-state index in [9.17, 15) is 0 Å². The van der Waals surface area contributed by atoms with Crippen LogP contribution in [0.1, 0.15) is 24.2 Å². The Labute approximate surface area is 105 Å². The summed E-state index contributed by atoms with van der Waals surface area (Å²) in [6, 6.07) is 3.98. The van der Waals surface area contributed by atoms with Crippen molar-refractivity contribution in [3.63, 3.8) is 0 Å². The average molecular weight is 257 g/mol. The standard InChI is InChI=1S/C12H14Cl2N2/c1-6(15-3)11-7(2)16-12-9(11)4-8(13)5-10(12)14/h4-6,15-16H,1-3H3. The molecular formula is C12H14Cl2N2. The Morgan fingerprint density at radius 3 is 2.62 bits per heavy atom. The van der Waals surface area contributed by atoms with Crippen LogP contribution in [0.15, 0.2) is 12.1 Å². The predicted molar refractivity (Wildman–Crippen MR) is 70.5 cm³/mol. The van der Waals surface area contributed by atoms with Crippen LogP contribution in [0.5, 0.6) is 0 Å². The number of benzene rings is 1. The Morgan fingerprint density at radius 2 is 2.00 bits per heavy atom. The third kappa shape index (κ3) is 1.81. The van der Waals surface area contributed by atoms with Crippen molar-refractivity contribution >= 4 is 34.1 Å². The predicted octanol–water partition coefficient (Wildman–Crippen LogP) is 4.06. The highest BCUT2D eigenvalue weighted by molar-refractivity contribution is 6.38. The summed E-state index contributed by atoms with van der Waals surface area (Å²) in [6.45, 7) is 4.16. The lowest BCUT2D eigenvalue weighted by Gasteiger charge is -2.10. The number of aromatic amines is 1. The zero-order valence-electron chi connectivity index (χ0n) is 9.49. The number of halogens is 2. The lowest BCUT2D eigenvalue weighted by atomic mass is 10.0. The lowest BCUT2D eigenvalue weighted by Crippen LogP contribution is -2.12. The van der Waals surface area contributed by atoms with Crippen LogP contribution < -0.4 is 5.32 Å². The molecule has 0 radical (unpaired) electrons. The smallest absolute Gasteiger partial charge is 0.0662 e. The van der Waals surface area contributed by atoms with Crippen molar-refractivity contribution in [3.05, 3.63) is 33.4 Å². The van der Waals surface area contributed by atoms with Gasteiger partial charge in [0, 0.05) is 22.1 Å². The third-order valence-electron chi connectivity index (χ3n) is 2.93. The normalized spacial score (nSPS) is 13.3. The Kier molecular flexibility index (Phi) is 3.15. The molecule has 0 bridgehead atoms. The number of hydrogen-bond acceptors (Lipinski definition) is 1. The zero-order chi connectivity index (χ0) is 11.9. The van der Waals surface area contributed by atoms with Crippen molar-refractivity contribution in [2.45, 2.75) is 19.9 Å². The van der Waals surface area contributed by atoms with Gasteiger partial charge < -0.3 is 10.3 Å². The van der Waals surface area contributed by atoms with Crippen LogP contribution in [0, 0.1) is 6.92 Å². The number of aryl methyl sites for hydroxylation is 1. The molecule has 1 aromatic carbocycles. The van der Waals surface area contributed by atoms with E-state index in [1.807, 2.05) is 20.0 Å². The van der Waals surface area contributed by atoms with Gasteiger partial charge in [0.25, 0.3) is 0 Å². The van der Waals surface area contributed by atoms with Gasteiger partial charge in [0.05, 0.1) is 10.5 Å². The fraction of sp³-hybridized carbons (Fsp3) is 0.333. The van der Waals surface area contributed by atoms with Gasteiger partial charge in [-0.15, -0.1) is 0 Å². The topological polar surface area (TPSA) is 27.8 Å². The van der Waals surface area contributed by atoms with Crippen molar-refractivity contribution in [3.8, 4) is 0 Å². The van der Waals surface area contributed by atoms with E-state index in [0.717, 1.165) is 16.6 Å². The summed E-state index contributed by atoms with van der Waals surface area (Å²) in [6.07, 6.45) is 0. The van der Waals surface area contributed by atoms with E-state index in [0.29, 0.717) is 10.0 Å². The first-order valence-corrected chi connectivity index (χ1v) is 5.94. The minimum atomic E-state index is 0.267. The second-order valence-electron chi connectivity index (χ2n) is 3.98. The van der Waals surface area contributed by atoms with Gasteiger partial charge in [-0.05, 0) is 38.6 Å². The molecule has 16 heavy (non-hydrogen) atoms. The van der Waals surface area contributed by atoms with E-state index < -0.39 is 0 Å². The second kappa shape index (κ2) is 4.28. The first kappa shape index (κ1) is 11.8. The summed E-state index contributed by atoms with van der Waals surface area (Å²) >= 11 is 12.2. The second-order valence-corrected chi connectivity index (χ2v) is 4.83. The maximum atomic E-state index is 6.16. The summed E-state index contributed by atoms with van der Waals surface area (Å²) in [5.74, 6) is 0. The molecule has 0 aliphatic carbocycles. The molecule has 1 aromatic heterocycles. The Bertz CT molecular complexity index is 531. The molecule has 0 amide bonds. The molecule has 2 nitrogen and oxygen atoms in total. The molecule has 0 saturated heterocycles. The molecule has 0 aliphatic rings. The highest BCUT2D eigenvalue weighted by Gasteiger charge is 2.15. The zero-order valence-corrected chi connectivity index (χ0v) is 11.0. The fourth-order valence-corrected chi connectivity index (χ4v) is 2.61. The van der Waals surface area contributed by atoms with Crippen LogP contribution >= 0.6 is 23.2 Å². The molecule has 1 heterocycles. The molecule has 4 heteroatoms. The number of nitrogens with one attached hydrogen (secondary N) is 2. The van der Waals surface area contributed by atoms with Crippen LogP contribution in [0.3, 0.4) is 0 Å². The monoisotopic (exact) mass is 256 g/mol. The van der Waals surface area contributed by atoms with Crippen molar-refractivity contribution in [2.75, 3.05) is 7.05 Å². The van der Waals surface area contributed by atoms with Crippen molar-refractivity contribution in [1.29, 1.82) is 0 Å². The van der Waals surface area contributed by atoms with Crippen LogP contribution in [-0.2, 0) is 0 Å². The fourth-order valence-electron chi connectivity index (χ4n) is 2.07. The number of rotatable bonds is 2. The number of H-pyrrole nitrogens is 1. The number of aromatic nitrogens is 1. The first-order chi connectivity index (χ1) is 7.54. The van der Waals surface area contributed by atoms with Crippen LogP contribution in [-0.4, -0.2) is 12.0 Å². The Hall–Kier alpha value is -0.700. The Morgan fingerprint density at radius 1 is 1.31 bits per heavy atom. The number of fused-ring (bicyclic) bond motifs is 1. The Balaban J connectivity index is 2.78. The summed E-state index contributed by atoms with van der Waals surface area (Å²) in [5.41, 5.74) is 3.31. The number of hydrogen-bond donors (Lipinski definition) is 2. The van der Waals surface area contributed by atoms with Crippen molar-refractivity contribution in [2.24, 2.45) is 0 Å². The van der Waals surface area contributed by atoms with Gasteiger partial charge in [0.1, 0.15) is 0 Å².